The van der Waals surface area contributed by atoms with Crippen LogP contribution in [0.3, 0.4) is 0 Å². The van der Waals surface area contributed by atoms with Crippen LogP contribution >= 0.6 is 22.9 Å². The van der Waals surface area contributed by atoms with Crippen molar-refractivity contribution in [3.8, 4) is 5.75 Å². The fourth-order valence-electron chi connectivity index (χ4n) is 1.62. The van der Waals surface area contributed by atoms with Crippen LogP contribution in [0.15, 0.2) is 29.6 Å². The summed E-state index contributed by atoms with van der Waals surface area (Å²) < 4.78 is 43.9. The Morgan fingerprint density at radius 2 is 2.05 bits per heavy atom. The largest absolute Gasteiger partial charge is 0.483 e. The molecular weight excluding hydrogens is 311 g/mol. The molecule has 0 radical (unpaired) electrons. The van der Waals surface area contributed by atoms with Crippen LogP contribution in [0.25, 0.3) is 0 Å². The molecule has 108 valence electrons. The highest BCUT2D eigenvalue weighted by Crippen LogP contribution is 2.37. The van der Waals surface area contributed by atoms with E-state index in [0.717, 1.165) is 6.07 Å². The molecule has 0 saturated heterocycles. The number of alkyl halides is 4. The predicted octanol–water partition coefficient (Wildman–Crippen LogP) is 5.04. The summed E-state index contributed by atoms with van der Waals surface area (Å²) in [7, 11) is 0. The van der Waals surface area contributed by atoms with Crippen molar-refractivity contribution in [2.75, 3.05) is 0 Å². The van der Waals surface area contributed by atoms with Crippen LogP contribution in [-0.2, 0) is 12.1 Å². The minimum absolute atomic E-state index is 0.199. The van der Waals surface area contributed by atoms with Gasteiger partial charge in [-0.05, 0) is 19.1 Å². The van der Waals surface area contributed by atoms with Crippen LogP contribution in [0.2, 0.25) is 0 Å². The molecule has 1 aromatic heterocycles. The summed E-state index contributed by atoms with van der Waals surface area (Å²) in [5.74, 6) is 0.0673. The molecule has 0 aliphatic heterocycles. The molecule has 20 heavy (non-hydrogen) atoms. The monoisotopic (exact) mass is 321 g/mol. The van der Waals surface area contributed by atoms with Crippen LogP contribution < -0.4 is 4.74 Å². The fourth-order valence-corrected chi connectivity index (χ4v) is 2.65. The Hall–Kier alpha value is -1.27. The SMILES string of the molecule is CC(Oc1ccccc1C(F)(F)F)c1nc(CCl)cs1. The highest BCUT2D eigenvalue weighted by Gasteiger charge is 2.34. The first kappa shape index (κ1) is 15.1. The smallest absolute Gasteiger partial charge is 0.419 e. The molecule has 0 aliphatic carbocycles. The van der Waals surface area contributed by atoms with Gasteiger partial charge in [-0.1, -0.05) is 12.1 Å². The number of hydrogen-bond donors (Lipinski definition) is 0. The Labute approximate surface area is 123 Å². The second-order valence-corrected chi connectivity index (χ2v) is 5.22. The average Bonchev–Trinajstić information content (AvgIpc) is 2.87. The summed E-state index contributed by atoms with van der Waals surface area (Å²) in [5.41, 5.74) is -0.104. The summed E-state index contributed by atoms with van der Waals surface area (Å²) in [5, 5.41) is 2.36. The van der Waals surface area contributed by atoms with Gasteiger partial charge >= 0.3 is 6.18 Å². The number of ether oxygens (including phenoxy) is 1. The molecule has 0 N–H and O–H groups in total. The third kappa shape index (κ3) is 3.43. The van der Waals surface area contributed by atoms with E-state index >= 15 is 0 Å². The number of benzene rings is 1. The molecule has 7 heteroatoms. The van der Waals surface area contributed by atoms with E-state index in [1.54, 1.807) is 12.3 Å². The number of para-hydroxylation sites is 1. The van der Waals surface area contributed by atoms with Gasteiger partial charge in [-0.25, -0.2) is 4.98 Å². The summed E-state index contributed by atoms with van der Waals surface area (Å²) in [6, 6.07) is 5.13. The number of rotatable bonds is 4. The van der Waals surface area contributed by atoms with E-state index in [1.165, 1.54) is 29.5 Å². The molecule has 0 amide bonds. The first-order valence-corrected chi connectivity index (χ1v) is 7.16. The van der Waals surface area contributed by atoms with Gasteiger partial charge in [0.1, 0.15) is 16.9 Å². The van der Waals surface area contributed by atoms with Crippen molar-refractivity contribution in [1.82, 2.24) is 4.98 Å². The van der Waals surface area contributed by atoms with Crippen molar-refractivity contribution in [3.05, 3.63) is 45.9 Å². The van der Waals surface area contributed by atoms with Crippen molar-refractivity contribution in [3.63, 3.8) is 0 Å². The Morgan fingerprint density at radius 3 is 2.65 bits per heavy atom. The quantitative estimate of drug-likeness (QED) is 0.736. The maximum absolute atomic E-state index is 12.8. The van der Waals surface area contributed by atoms with Crippen LogP contribution in [0, 0.1) is 0 Å². The Morgan fingerprint density at radius 1 is 1.35 bits per heavy atom. The maximum Gasteiger partial charge on any atom is 0.419 e. The average molecular weight is 322 g/mol. The summed E-state index contributed by atoms with van der Waals surface area (Å²) >= 11 is 6.96. The lowest BCUT2D eigenvalue weighted by Crippen LogP contribution is -2.10. The Balaban J connectivity index is 2.21. The molecule has 2 aromatic rings. The highest BCUT2D eigenvalue weighted by molar-refractivity contribution is 7.09. The Bertz CT molecular complexity index is 585. The van der Waals surface area contributed by atoms with E-state index in [-0.39, 0.29) is 11.6 Å². The maximum atomic E-state index is 12.8. The topological polar surface area (TPSA) is 22.1 Å². The molecule has 0 saturated carbocycles. The van der Waals surface area contributed by atoms with Crippen LogP contribution in [0.5, 0.6) is 5.75 Å². The van der Waals surface area contributed by atoms with Crippen molar-refractivity contribution in [2.45, 2.75) is 25.1 Å². The number of hydrogen-bond acceptors (Lipinski definition) is 3. The molecule has 1 atom stereocenters. The second kappa shape index (κ2) is 6.01. The van der Waals surface area contributed by atoms with Gasteiger partial charge in [0.2, 0.25) is 0 Å². The van der Waals surface area contributed by atoms with E-state index in [0.29, 0.717) is 10.7 Å². The van der Waals surface area contributed by atoms with E-state index < -0.39 is 17.8 Å². The van der Waals surface area contributed by atoms with Gasteiger partial charge in [-0.3, -0.25) is 0 Å². The van der Waals surface area contributed by atoms with Crippen molar-refractivity contribution in [2.24, 2.45) is 0 Å². The summed E-state index contributed by atoms with van der Waals surface area (Å²) in [6.07, 6.45) is -5.01. The zero-order valence-electron chi connectivity index (χ0n) is 10.4. The number of halogens is 4. The van der Waals surface area contributed by atoms with Crippen molar-refractivity contribution >= 4 is 22.9 Å². The molecular formula is C13H11ClF3NOS. The molecule has 2 nitrogen and oxygen atoms in total. The third-order valence-electron chi connectivity index (χ3n) is 2.55. The minimum Gasteiger partial charge on any atom is -0.483 e. The van der Waals surface area contributed by atoms with Gasteiger partial charge in [-0.15, -0.1) is 22.9 Å². The first-order chi connectivity index (χ1) is 9.41. The van der Waals surface area contributed by atoms with Gasteiger partial charge in [0, 0.05) is 5.38 Å². The lowest BCUT2D eigenvalue weighted by atomic mass is 10.2. The fraction of sp³-hybridized carbons (Fsp3) is 0.308. The molecule has 0 spiro atoms. The second-order valence-electron chi connectivity index (χ2n) is 4.06. The zero-order valence-corrected chi connectivity index (χ0v) is 12.0. The van der Waals surface area contributed by atoms with Gasteiger partial charge < -0.3 is 4.74 Å². The predicted molar refractivity (Wildman–Crippen MR) is 72.2 cm³/mol. The molecule has 0 fully saturated rings. The molecule has 0 aliphatic rings. The molecule has 1 aromatic carbocycles. The van der Waals surface area contributed by atoms with Crippen molar-refractivity contribution < 1.29 is 17.9 Å². The molecule has 1 unspecified atom stereocenters. The van der Waals surface area contributed by atoms with Gasteiger partial charge in [0.05, 0.1) is 17.1 Å². The normalized spacial score (nSPS) is 13.2. The number of nitrogens with zero attached hydrogens (tertiary/aromatic N) is 1. The highest BCUT2D eigenvalue weighted by atomic mass is 35.5. The molecule has 0 bridgehead atoms. The van der Waals surface area contributed by atoms with E-state index in [4.69, 9.17) is 16.3 Å². The van der Waals surface area contributed by atoms with Gasteiger partial charge in [0.25, 0.3) is 0 Å². The van der Waals surface area contributed by atoms with Gasteiger partial charge in [-0.2, -0.15) is 13.2 Å². The van der Waals surface area contributed by atoms with Crippen LogP contribution in [0.4, 0.5) is 13.2 Å². The molecule has 1 heterocycles. The lowest BCUT2D eigenvalue weighted by molar-refractivity contribution is -0.139. The summed E-state index contributed by atoms with van der Waals surface area (Å²) in [4.78, 5) is 4.20. The van der Waals surface area contributed by atoms with E-state index in [9.17, 15) is 13.2 Å². The van der Waals surface area contributed by atoms with Crippen molar-refractivity contribution in [1.29, 1.82) is 0 Å². The first-order valence-electron chi connectivity index (χ1n) is 5.75. The molecule has 2 rings (SSSR count). The minimum atomic E-state index is -4.44. The van der Waals surface area contributed by atoms with Gasteiger partial charge in [0.15, 0.2) is 0 Å². The summed E-state index contributed by atoms with van der Waals surface area (Å²) in [6.45, 7) is 1.66. The van der Waals surface area contributed by atoms with E-state index in [1.807, 2.05) is 0 Å². The zero-order chi connectivity index (χ0) is 14.8. The van der Waals surface area contributed by atoms with Crippen LogP contribution in [0.1, 0.15) is 29.3 Å². The van der Waals surface area contributed by atoms with Crippen LogP contribution in [-0.4, -0.2) is 4.98 Å². The lowest BCUT2D eigenvalue weighted by Gasteiger charge is -2.17. The number of thiazole rings is 1. The Kier molecular flexibility index (Phi) is 4.55. The van der Waals surface area contributed by atoms with E-state index in [2.05, 4.69) is 4.98 Å². The third-order valence-corrected chi connectivity index (χ3v) is 3.88. The standard InChI is InChI=1S/C13H11ClF3NOS/c1-8(12-18-9(6-14)7-20-12)19-11-5-3-2-4-10(11)13(15,16)17/h2-5,7-8H,6H2,1H3. The number of aromatic nitrogens is 1.